The van der Waals surface area contributed by atoms with Gasteiger partial charge in [0.2, 0.25) is 5.91 Å². The van der Waals surface area contributed by atoms with Gasteiger partial charge in [-0.05, 0) is 32.0 Å². The quantitative estimate of drug-likeness (QED) is 0.474. The molecule has 10 heteroatoms. The van der Waals surface area contributed by atoms with Gasteiger partial charge in [0, 0.05) is 11.4 Å². The van der Waals surface area contributed by atoms with E-state index in [9.17, 15) is 9.59 Å². The minimum Gasteiger partial charge on any atom is -0.465 e. The van der Waals surface area contributed by atoms with E-state index in [1.54, 1.807) is 18.4 Å². The summed E-state index contributed by atoms with van der Waals surface area (Å²) in [6.07, 6.45) is 1.58. The van der Waals surface area contributed by atoms with Gasteiger partial charge in [-0.3, -0.25) is 9.36 Å². The SMILES string of the molecule is CCn1c(SCC(=O)Nc2sc(C)cc2C(=O)OC)nnc1-c1ccco1. The third kappa shape index (κ3) is 4.22. The largest absolute Gasteiger partial charge is 0.465 e. The van der Waals surface area contributed by atoms with Crippen LogP contribution in [0.15, 0.2) is 34.0 Å². The molecule has 0 bridgehead atoms. The summed E-state index contributed by atoms with van der Waals surface area (Å²) in [6, 6.07) is 5.29. The number of amides is 1. The van der Waals surface area contributed by atoms with E-state index in [0.717, 1.165) is 4.88 Å². The van der Waals surface area contributed by atoms with Crippen molar-refractivity contribution < 1.29 is 18.7 Å². The van der Waals surface area contributed by atoms with Crippen LogP contribution >= 0.6 is 23.1 Å². The van der Waals surface area contributed by atoms with E-state index in [1.807, 2.05) is 24.5 Å². The molecule has 142 valence electrons. The summed E-state index contributed by atoms with van der Waals surface area (Å²) >= 11 is 2.60. The summed E-state index contributed by atoms with van der Waals surface area (Å²) < 4.78 is 12.0. The van der Waals surface area contributed by atoms with Crippen molar-refractivity contribution in [3.05, 3.63) is 34.9 Å². The maximum absolute atomic E-state index is 12.3. The van der Waals surface area contributed by atoms with Gasteiger partial charge in [-0.15, -0.1) is 21.5 Å². The van der Waals surface area contributed by atoms with Gasteiger partial charge in [-0.25, -0.2) is 4.79 Å². The van der Waals surface area contributed by atoms with E-state index < -0.39 is 5.97 Å². The summed E-state index contributed by atoms with van der Waals surface area (Å²) in [5, 5.41) is 12.2. The molecule has 0 saturated carbocycles. The van der Waals surface area contributed by atoms with Crippen LogP contribution in [-0.2, 0) is 16.1 Å². The monoisotopic (exact) mass is 406 g/mol. The predicted molar refractivity (Wildman–Crippen MR) is 103 cm³/mol. The number of aryl methyl sites for hydroxylation is 1. The summed E-state index contributed by atoms with van der Waals surface area (Å²) in [4.78, 5) is 25.1. The second kappa shape index (κ2) is 8.40. The Morgan fingerprint density at radius 2 is 2.22 bits per heavy atom. The van der Waals surface area contributed by atoms with E-state index in [4.69, 9.17) is 9.15 Å². The first-order chi connectivity index (χ1) is 13.0. The lowest BCUT2D eigenvalue weighted by Gasteiger charge is -2.07. The topological polar surface area (TPSA) is 99.2 Å². The van der Waals surface area contributed by atoms with Crippen LogP contribution < -0.4 is 5.32 Å². The number of thiophene rings is 1. The Hall–Kier alpha value is -2.59. The predicted octanol–water partition coefficient (Wildman–Crippen LogP) is 3.45. The molecule has 3 heterocycles. The Kier molecular flexibility index (Phi) is 5.97. The number of ether oxygens (including phenoxy) is 1. The van der Waals surface area contributed by atoms with Crippen molar-refractivity contribution in [1.82, 2.24) is 14.8 Å². The first kappa shape index (κ1) is 19.2. The zero-order valence-electron chi connectivity index (χ0n) is 15.0. The van der Waals surface area contributed by atoms with Gasteiger partial charge < -0.3 is 14.5 Å². The van der Waals surface area contributed by atoms with Crippen molar-refractivity contribution in [3.63, 3.8) is 0 Å². The van der Waals surface area contributed by atoms with Crippen molar-refractivity contribution in [2.45, 2.75) is 25.5 Å². The first-order valence-electron chi connectivity index (χ1n) is 8.12. The molecule has 8 nitrogen and oxygen atoms in total. The van der Waals surface area contributed by atoms with Crippen molar-refractivity contribution in [2.75, 3.05) is 18.2 Å². The first-order valence-corrected chi connectivity index (χ1v) is 9.92. The third-order valence-electron chi connectivity index (χ3n) is 3.62. The molecule has 0 aliphatic heterocycles. The highest BCUT2D eigenvalue weighted by Gasteiger charge is 2.19. The summed E-state index contributed by atoms with van der Waals surface area (Å²) in [5.41, 5.74) is 0.357. The number of nitrogens with one attached hydrogen (secondary N) is 1. The number of hydrogen-bond acceptors (Lipinski definition) is 8. The molecule has 3 aromatic rings. The molecule has 0 atom stereocenters. The second-order valence-electron chi connectivity index (χ2n) is 5.46. The lowest BCUT2D eigenvalue weighted by molar-refractivity contribution is -0.113. The molecule has 0 aliphatic rings. The Labute approximate surface area is 163 Å². The van der Waals surface area contributed by atoms with Gasteiger partial charge in [-0.1, -0.05) is 11.8 Å². The lowest BCUT2D eigenvalue weighted by atomic mass is 10.3. The van der Waals surface area contributed by atoms with E-state index in [2.05, 4.69) is 15.5 Å². The van der Waals surface area contributed by atoms with Crippen molar-refractivity contribution in [2.24, 2.45) is 0 Å². The molecule has 0 radical (unpaired) electrons. The summed E-state index contributed by atoms with van der Waals surface area (Å²) in [5.74, 6) is 0.659. The molecule has 0 spiro atoms. The second-order valence-corrected chi connectivity index (χ2v) is 7.65. The maximum atomic E-state index is 12.3. The van der Waals surface area contributed by atoms with Crippen molar-refractivity contribution >= 4 is 40.0 Å². The Morgan fingerprint density at radius 3 is 2.89 bits per heavy atom. The van der Waals surface area contributed by atoms with Crippen LogP contribution in [0.3, 0.4) is 0 Å². The number of esters is 1. The number of carbonyl (C=O) groups is 2. The molecule has 0 saturated heterocycles. The smallest absolute Gasteiger partial charge is 0.340 e. The van der Waals surface area contributed by atoms with Crippen LogP contribution in [0, 0.1) is 6.92 Å². The number of hydrogen-bond donors (Lipinski definition) is 1. The summed E-state index contributed by atoms with van der Waals surface area (Å²) in [6.45, 7) is 4.47. The van der Waals surface area contributed by atoms with Crippen LogP contribution in [-0.4, -0.2) is 39.5 Å². The molecule has 0 aliphatic carbocycles. The van der Waals surface area contributed by atoms with Crippen LogP contribution in [0.4, 0.5) is 5.00 Å². The highest BCUT2D eigenvalue weighted by atomic mass is 32.2. The zero-order valence-corrected chi connectivity index (χ0v) is 16.6. The molecule has 1 N–H and O–H groups in total. The number of methoxy groups -OCH3 is 1. The van der Waals surface area contributed by atoms with Gasteiger partial charge >= 0.3 is 5.97 Å². The van der Waals surface area contributed by atoms with Gasteiger partial charge in [0.15, 0.2) is 16.7 Å². The fourth-order valence-corrected chi connectivity index (χ4v) is 4.15. The van der Waals surface area contributed by atoms with Crippen LogP contribution in [0.2, 0.25) is 0 Å². The Balaban J connectivity index is 1.68. The summed E-state index contributed by atoms with van der Waals surface area (Å²) in [7, 11) is 1.31. The molecule has 3 aromatic heterocycles. The Bertz CT molecular complexity index is 946. The molecule has 0 unspecified atom stereocenters. The van der Waals surface area contributed by atoms with Gasteiger partial charge in [0.25, 0.3) is 0 Å². The normalized spacial score (nSPS) is 10.8. The third-order valence-corrected chi connectivity index (χ3v) is 5.55. The van der Waals surface area contributed by atoms with Crippen LogP contribution in [0.5, 0.6) is 0 Å². The maximum Gasteiger partial charge on any atom is 0.340 e. The highest BCUT2D eigenvalue weighted by molar-refractivity contribution is 7.99. The van der Waals surface area contributed by atoms with Crippen molar-refractivity contribution in [3.8, 4) is 11.6 Å². The molecule has 1 amide bonds. The van der Waals surface area contributed by atoms with Crippen LogP contribution in [0.25, 0.3) is 11.6 Å². The van der Waals surface area contributed by atoms with Crippen molar-refractivity contribution in [1.29, 1.82) is 0 Å². The molecule has 3 rings (SSSR count). The van der Waals surface area contributed by atoms with Gasteiger partial charge in [-0.2, -0.15) is 0 Å². The van der Waals surface area contributed by atoms with E-state index in [0.29, 0.717) is 33.9 Å². The number of nitrogens with zero attached hydrogens (tertiary/aromatic N) is 3. The number of aromatic nitrogens is 3. The standard InChI is InChI=1S/C17H18N4O4S2/c1-4-21-14(12-6-5-7-25-12)19-20-17(21)26-9-13(22)18-15-11(16(23)24-3)8-10(2)27-15/h5-8H,4,9H2,1-3H3,(H,18,22). The number of carbonyl (C=O) groups excluding carboxylic acids is 2. The average molecular weight is 406 g/mol. The van der Waals surface area contributed by atoms with E-state index in [-0.39, 0.29) is 11.7 Å². The Morgan fingerprint density at radius 1 is 1.41 bits per heavy atom. The lowest BCUT2D eigenvalue weighted by Crippen LogP contribution is -2.16. The number of anilines is 1. The minimum absolute atomic E-state index is 0.133. The molecule has 0 fully saturated rings. The molecular formula is C17H18N4O4S2. The van der Waals surface area contributed by atoms with Gasteiger partial charge in [0.1, 0.15) is 5.00 Å². The average Bonchev–Trinajstić information content (AvgIpc) is 3.38. The number of thioether (sulfide) groups is 1. The fourth-order valence-electron chi connectivity index (χ4n) is 2.43. The molecule has 27 heavy (non-hydrogen) atoms. The van der Waals surface area contributed by atoms with E-state index in [1.165, 1.54) is 30.2 Å². The fraction of sp³-hybridized carbons (Fsp3) is 0.294. The van der Waals surface area contributed by atoms with Gasteiger partial charge in [0.05, 0.1) is 24.7 Å². The minimum atomic E-state index is -0.476. The molecular weight excluding hydrogens is 388 g/mol. The highest BCUT2D eigenvalue weighted by Crippen LogP contribution is 2.29. The molecule has 0 aromatic carbocycles. The van der Waals surface area contributed by atoms with E-state index >= 15 is 0 Å². The number of furan rings is 1. The zero-order chi connectivity index (χ0) is 19.4. The van der Waals surface area contributed by atoms with Crippen LogP contribution in [0.1, 0.15) is 22.2 Å². The number of rotatable bonds is 7.